The number of benzene rings is 1. The predicted molar refractivity (Wildman–Crippen MR) is 141 cm³/mol. The molecule has 2 aliphatic rings. The SMILES string of the molecule is CN1CCNCc2cc(OCC(F)(F)F)c(Nc3ncc(Cl)c(N[C@@H]4CCCC[C@@H]4CN[SH](=O)=O)n3)cc21. The van der Waals surface area contributed by atoms with E-state index in [2.05, 4.69) is 30.6 Å². The molecule has 10 nitrogen and oxygen atoms in total. The van der Waals surface area contributed by atoms with Crippen LogP contribution in [0.25, 0.3) is 0 Å². The number of nitrogens with one attached hydrogen (secondary N) is 4. The number of likely N-dealkylation sites (N-methyl/N-ethyl adjacent to an activating group) is 1. The van der Waals surface area contributed by atoms with Gasteiger partial charge in [-0.1, -0.05) is 24.4 Å². The van der Waals surface area contributed by atoms with Crippen LogP contribution in [0.15, 0.2) is 18.3 Å². The van der Waals surface area contributed by atoms with Gasteiger partial charge in [0.15, 0.2) is 12.4 Å². The average molecular weight is 578 g/mol. The zero-order valence-corrected chi connectivity index (χ0v) is 22.4. The van der Waals surface area contributed by atoms with Gasteiger partial charge >= 0.3 is 6.18 Å². The van der Waals surface area contributed by atoms with Crippen molar-refractivity contribution in [2.45, 2.75) is 44.4 Å². The Morgan fingerprint density at radius 2 is 2.05 bits per heavy atom. The van der Waals surface area contributed by atoms with Crippen LogP contribution in [-0.2, 0) is 17.4 Å². The summed E-state index contributed by atoms with van der Waals surface area (Å²) in [5.41, 5.74) is 1.94. The molecule has 0 bridgehead atoms. The lowest BCUT2D eigenvalue weighted by molar-refractivity contribution is -0.153. The van der Waals surface area contributed by atoms with Crippen LogP contribution in [0.3, 0.4) is 0 Å². The van der Waals surface area contributed by atoms with E-state index < -0.39 is 23.7 Å². The van der Waals surface area contributed by atoms with Crippen molar-refractivity contribution in [1.29, 1.82) is 0 Å². The fraction of sp³-hybridized carbons (Fsp3) is 0.565. The third-order valence-electron chi connectivity index (χ3n) is 6.63. The highest BCUT2D eigenvalue weighted by Crippen LogP contribution is 2.37. The van der Waals surface area contributed by atoms with Crippen molar-refractivity contribution in [3.05, 3.63) is 28.9 Å². The first-order chi connectivity index (χ1) is 18.1. The van der Waals surface area contributed by atoms with Gasteiger partial charge in [-0.25, -0.2) is 18.1 Å². The van der Waals surface area contributed by atoms with Crippen LogP contribution in [0.4, 0.5) is 36.3 Å². The Balaban J connectivity index is 1.59. The van der Waals surface area contributed by atoms with Gasteiger partial charge in [-0.3, -0.25) is 0 Å². The number of anilines is 4. The van der Waals surface area contributed by atoms with E-state index in [9.17, 15) is 21.6 Å². The maximum absolute atomic E-state index is 13.0. The molecule has 1 aliphatic heterocycles. The quantitative estimate of drug-likeness (QED) is 0.285. The molecule has 0 radical (unpaired) electrons. The van der Waals surface area contributed by atoms with Gasteiger partial charge in [-0.2, -0.15) is 18.2 Å². The fourth-order valence-electron chi connectivity index (χ4n) is 4.73. The summed E-state index contributed by atoms with van der Waals surface area (Å²) in [6, 6.07) is 3.26. The fourth-order valence-corrected chi connectivity index (χ4v) is 5.26. The Morgan fingerprint density at radius 1 is 1.26 bits per heavy atom. The molecule has 210 valence electrons. The second kappa shape index (κ2) is 12.5. The molecule has 0 unspecified atom stereocenters. The molecule has 1 aromatic carbocycles. The molecule has 15 heteroatoms. The minimum atomic E-state index is -4.50. The third kappa shape index (κ3) is 7.74. The largest absolute Gasteiger partial charge is 0.482 e. The molecule has 2 heterocycles. The summed E-state index contributed by atoms with van der Waals surface area (Å²) in [4.78, 5) is 10.7. The zero-order chi connectivity index (χ0) is 27.3. The van der Waals surface area contributed by atoms with Gasteiger partial charge in [-0.15, -0.1) is 0 Å². The zero-order valence-electron chi connectivity index (χ0n) is 20.8. The number of aromatic nitrogens is 2. The molecular formula is C23H31ClF3N7O3S. The summed E-state index contributed by atoms with van der Waals surface area (Å²) >= 11 is 6.37. The van der Waals surface area contributed by atoms with E-state index in [1.807, 2.05) is 11.9 Å². The van der Waals surface area contributed by atoms with Crippen molar-refractivity contribution in [3.63, 3.8) is 0 Å². The van der Waals surface area contributed by atoms with Crippen LogP contribution < -0.4 is 30.3 Å². The highest BCUT2D eigenvalue weighted by molar-refractivity contribution is 7.70. The minimum Gasteiger partial charge on any atom is -0.482 e. The van der Waals surface area contributed by atoms with E-state index in [0.29, 0.717) is 18.9 Å². The van der Waals surface area contributed by atoms with Gasteiger partial charge in [0.1, 0.15) is 10.8 Å². The van der Waals surface area contributed by atoms with Crippen LogP contribution in [-0.4, -0.2) is 63.9 Å². The van der Waals surface area contributed by atoms with Gasteiger partial charge in [0.25, 0.3) is 0 Å². The molecule has 0 saturated heterocycles. The molecule has 1 aliphatic carbocycles. The lowest BCUT2D eigenvalue weighted by Gasteiger charge is -2.32. The van der Waals surface area contributed by atoms with Crippen LogP contribution >= 0.6 is 11.6 Å². The van der Waals surface area contributed by atoms with Crippen LogP contribution in [0.1, 0.15) is 31.2 Å². The normalized spacial score (nSPS) is 20.1. The number of thiol groups is 1. The smallest absolute Gasteiger partial charge is 0.422 e. The lowest BCUT2D eigenvalue weighted by atomic mass is 9.84. The summed E-state index contributed by atoms with van der Waals surface area (Å²) in [5, 5.41) is 9.84. The number of hydrogen-bond acceptors (Lipinski definition) is 9. The molecule has 38 heavy (non-hydrogen) atoms. The first kappa shape index (κ1) is 28.5. The number of nitrogens with zero attached hydrogens (tertiary/aromatic N) is 3. The van der Waals surface area contributed by atoms with Crippen molar-refractivity contribution in [3.8, 4) is 5.75 Å². The van der Waals surface area contributed by atoms with Crippen LogP contribution in [0.2, 0.25) is 5.02 Å². The van der Waals surface area contributed by atoms with E-state index in [-0.39, 0.29) is 34.4 Å². The van der Waals surface area contributed by atoms with Gasteiger partial charge in [0.05, 0.1) is 11.9 Å². The highest BCUT2D eigenvalue weighted by atomic mass is 35.5. The summed E-state index contributed by atoms with van der Waals surface area (Å²) in [6.07, 6.45) is 0.526. The second-order valence-electron chi connectivity index (χ2n) is 9.41. The van der Waals surface area contributed by atoms with Crippen molar-refractivity contribution < 1.29 is 26.3 Å². The number of fused-ring (bicyclic) bond motifs is 1. The van der Waals surface area contributed by atoms with Gasteiger partial charge in [-0.05, 0) is 36.5 Å². The van der Waals surface area contributed by atoms with E-state index in [0.717, 1.165) is 50.0 Å². The van der Waals surface area contributed by atoms with Crippen molar-refractivity contribution in [2.24, 2.45) is 5.92 Å². The lowest BCUT2D eigenvalue weighted by Crippen LogP contribution is -2.38. The third-order valence-corrected chi connectivity index (χ3v) is 7.34. The molecular weight excluding hydrogens is 547 g/mol. The maximum atomic E-state index is 13.0. The molecule has 4 N–H and O–H groups in total. The Hall–Kier alpha value is -2.55. The molecule has 2 atom stereocenters. The number of rotatable bonds is 9. The summed E-state index contributed by atoms with van der Waals surface area (Å²) in [7, 11) is -0.787. The Kier molecular flexibility index (Phi) is 9.39. The van der Waals surface area contributed by atoms with Crippen LogP contribution in [0, 0.1) is 5.92 Å². The molecule has 0 amide bonds. The van der Waals surface area contributed by atoms with Gasteiger partial charge in [0.2, 0.25) is 16.8 Å². The molecule has 0 spiro atoms. The van der Waals surface area contributed by atoms with Crippen molar-refractivity contribution in [1.82, 2.24) is 20.0 Å². The molecule has 2 aromatic rings. The minimum absolute atomic E-state index is 0.0244. The summed E-state index contributed by atoms with van der Waals surface area (Å²) in [6.45, 7) is 0.807. The van der Waals surface area contributed by atoms with Crippen LogP contribution in [0.5, 0.6) is 5.75 Å². The second-order valence-corrected chi connectivity index (χ2v) is 10.6. The highest BCUT2D eigenvalue weighted by Gasteiger charge is 2.30. The predicted octanol–water partition coefficient (Wildman–Crippen LogP) is 3.44. The van der Waals surface area contributed by atoms with E-state index in [4.69, 9.17) is 16.3 Å². The summed E-state index contributed by atoms with van der Waals surface area (Å²) < 4.78 is 68.6. The van der Waals surface area contributed by atoms with Gasteiger partial charge in [0, 0.05) is 45.0 Å². The van der Waals surface area contributed by atoms with E-state index in [1.54, 1.807) is 12.1 Å². The van der Waals surface area contributed by atoms with Crippen molar-refractivity contribution in [2.75, 3.05) is 48.8 Å². The van der Waals surface area contributed by atoms with Crippen molar-refractivity contribution >= 4 is 45.6 Å². The molecule has 1 fully saturated rings. The molecule has 1 aromatic heterocycles. The Morgan fingerprint density at radius 3 is 2.82 bits per heavy atom. The standard InChI is InChI=1S/C23H31ClF3N7O3S/c1-34-7-6-28-10-15-8-20(37-13-23(25,26)27)18(9-19(15)34)32-22-29-12-16(24)21(33-22)31-17-5-3-2-4-14(17)11-30-38(35)36/h8-9,12,14,17,28,38H,2-7,10-11,13H2,1H3,(H,30,35,36)(H2,29,31,32,33)/t14-,17-/m1/s1. The summed E-state index contributed by atoms with van der Waals surface area (Å²) in [5.74, 6) is 0.546. The first-order valence-corrected chi connectivity index (χ1v) is 13.9. The maximum Gasteiger partial charge on any atom is 0.422 e. The average Bonchev–Trinajstić information content (AvgIpc) is 3.04. The first-order valence-electron chi connectivity index (χ1n) is 12.3. The number of alkyl halides is 3. The Bertz CT molecular complexity index is 1190. The molecule has 4 rings (SSSR count). The molecule has 1 saturated carbocycles. The van der Waals surface area contributed by atoms with Gasteiger partial charge < -0.3 is 25.6 Å². The monoisotopic (exact) mass is 577 g/mol. The number of ether oxygens (including phenoxy) is 1. The number of halogens is 4. The van der Waals surface area contributed by atoms with E-state index in [1.165, 1.54) is 6.20 Å². The topological polar surface area (TPSA) is 121 Å². The number of hydrogen-bond donors (Lipinski definition) is 5. The Labute approximate surface area is 225 Å². The van der Waals surface area contributed by atoms with E-state index >= 15 is 0 Å².